The van der Waals surface area contributed by atoms with Crippen LogP contribution in [-0.4, -0.2) is 18.1 Å². The number of hydrogen-bond acceptors (Lipinski definition) is 2. The van der Waals surface area contributed by atoms with Crippen LogP contribution >= 0.6 is 11.6 Å². The highest BCUT2D eigenvalue weighted by Gasteiger charge is 2.31. The highest BCUT2D eigenvalue weighted by molar-refractivity contribution is 6.31. The number of nitrogens with zero attached hydrogens (tertiary/aromatic N) is 1. The summed E-state index contributed by atoms with van der Waals surface area (Å²) >= 11 is 5.80. The van der Waals surface area contributed by atoms with E-state index in [4.69, 9.17) is 11.6 Å². The van der Waals surface area contributed by atoms with E-state index in [1.165, 1.54) is 12.8 Å². The summed E-state index contributed by atoms with van der Waals surface area (Å²) in [5.41, 5.74) is -0.296. The van der Waals surface area contributed by atoms with Gasteiger partial charge in [0.1, 0.15) is 0 Å². The van der Waals surface area contributed by atoms with Crippen LogP contribution in [0.25, 0.3) is 0 Å². The molecule has 0 bridgehead atoms. The summed E-state index contributed by atoms with van der Waals surface area (Å²) in [6.45, 7) is 1.66. The summed E-state index contributed by atoms with van der Waals surface area (Å²) in [7, 11) is 0. The summed E-state index contributed by atoms with van der Waals surface area (Å²) in [5, 5.41) is 3.33. The molecule has 0 unspecified atom stereocenters. The summed E-state index contributed by atoms with van der Waals surface area (Å²) in [6, 6.07) is 0.935. The van der Waals surface area contributed by atoms with Crippen LogP contribution in [0, 0.1) is 5.92 Å². The molecule has 0 saturated heterocycles. The zero-order valence-corrected chi connectivity index (χ0v) is 10.5. The molecule has 1 saturated carbocycles. The number of nitrogens with one attached hydrogen (secondary N) is 1. The highest BCUT2D eigenvalue weighted by atomic mass is 35.5. The topological polar surface area (TPSA) is 24.9 Å². The Balaban J connectivity index is 1.88. The summed E-state index contributed by atoms with van der Waals surface area (Å²) in [5.74, 6) is 0.779. The Morgan fingerprint density at radius 3 is 2.67 bits per heavy atom. The Hall–Kier alpha value is -0.810. The van der Waals surface area contributed by atoms with Crippen LogP contribution in [0.2, 0.25) is 5.02 Å². The van der Waals surface area contributed by atoms with Crippen molar-refractivity contribution in [2.45, 2.75) is 25.4 Å². The van der Waals surface area contributed by atoms with Crippen molar-refractivity contribution in [2.75, 3.05) is 13.1 Å². The fourth-order valence-corrected chi connectivity index (χ4v) is 1.90. The molecule has 1 N–H and O–H groups in total. The largest absolute Gasteiger partial charge is 0.417 e. The monoisotopic (exact) mass is 278 g/mol. The minimum atomic E-state index is -4.39. The van der Waals surface area contributed by atoms with E-state index in [9.17, 15) is 13.2 Å². The number of rotatable bonds is 5. The zero-order valence-electron chi connectivity index (χ0n) is 9.73. The maximum Gasteiger partial charge on any atom is 0.417 e. The summed E-state index contributed by atoms with van der Waals surface area (Å²) in [4.78, 5) is 3.79. The third-order valence-corrected chi connectivity index (χ3v) is 3.24. The molecule has 1 aromatic heterocycles. The van der Waals surface area contributed by atoms with Gasteiger partial charge in [0.05, 0.1) is 16.3 Å². The predicted molar refractivity (Wildman–Crippen MR) is 63.5 cm³/mol. The van der Waals surface area contributed by atoms with Crippen LogP contribution in [-0.2, 0) is 12.6 Å². The van der Waals surface area contributed by atoms with E-state index in [0.29, 0.717) is 18.7 Å². The molecular weight excluding hydrogens is 265 g/mol. The van der Waals surface area contributed by atoms with Crippen LogP contribution < -0.4 is 5.32 Å². The van der Waals surface area contributed by atoms with Crippen molar-refractivity contribution in [3.63, 3.8) is 0 Å². The molecule has 0 aromatic carbocycles. The smallest absolute Gasteiger partial charge is 0.316 e. The molecule has 100 valence electrons. The van der Waals surface area contributed by atoms with Gasteiger partial charge in [-0.15, -0.1) is 0 Å². The lowest BCUT2D eigenvalue weighted by atomic mass is 10.2. The average Bonchev–Trinajstić information content (AvgIpc) is 3.08. The van der Waals surface area contributed by atoms with Crippen LogP contribution in [0.5, 0.6) is 0 Å². The first-order valence-electron chi connectivity index (χ1n) is 5.89. The van der Waals surface area contributed by atoms with Crippen molar-refractivity contribution >= 4 is 11.6 Å². The molecule has 0 radical (unpaired) electrons. The van der Waals surface area contributed by atoms with Gasteiger partial charge in [0.25, 0.3) is 0 Å². The van der Waals surface area contributed by atoms with Crippen molar-refractivity contribution in [2.24, 2.45) is 5.92 Å². The first-order chi connectivity index (χ1) is 8.47. The molecule has 1 aromatic rings. The first kappa shape index (κ1) is 13.6. The first-order valence-corrected chi connectivity index (χ1v) is 6.27. The van der Waals surface area contributed by atoms with Crippen molar-refractivity contribution < 1.29 is 13.2 Å². The van der Waals surface area contributed by atoms with Gasteiger partial charge in [-0.1, -0.05) is 11.6 Å². The molecule has 0 atom stereocenters. The normalized spacial score (nSPS) is 16.0. The number of pyridine rings is 1. The lowest BCUT2D eigenvalue weighted by molar-refractivity contribution is -0.137. The predicted octanol–water partition coefficient (Wildman–Crippen LogP) is 3.30. The molecule has 6 heteroatoms. The van der Waals surface area contributed by atoms with Gasteiger partial charge >= 0.3 is 6.18 Å². The number of alkyl halides is 3. The van der Waals surface area contributed by atoms with E-state index in [0.717, 1.165) is 24.7 Å². The second-order valence-corrected chi connectivity index (χ2v) is 4.95. The molecule has 0 spiro atoms. The van der Waals surface area contributed by atoms with Gasteiger partial charge in [-0.3, -0.25) is 4.98 Å². The number of halogens is 4. The van der Waals surface area contributed by atoms with Gasteiger partial charge in [-0.25, -0.2) is 0 Å². The van der Waals surface area contributed by atoms with Crippen molar-refractivity contribution in [1.29, 1.82) is 0 Å². The molecule has 18 heavy (non-hydrogen) atoms. The third-order valence-electron chi connectivity index (χ3n) is 2.91. The molecule has 1 heterocycles. The maximum absolute atomic E-state index is 12.4. The fraction of sp³-hybridized carbons (Fsp3) is 0.583. The Labute approximate surface area is 109 Å². The van der Waals surface area contributed by atoms with E-state index in [-0.39, 0.29) is 5.02 Å². The molecule has 1 fully saturated rings. The Bertz CT molecular complexity index is 416. The van der Waals surface area contributed by atoms with Crippen molar-refractivity contribution in [3.8, 4) is 0 Å². The minimum absolute atomic E-state index is 0.0815. The standard InChI is InChI=1S/C12H14ClF3N2/c13-10-5-9(12(14,15)16)7-18-11(10)3-4-17-6-8-1-2-8/h5,7-8,17H,1-4,6H2. The molecule has 1 aliphatic rings. The zero-order chi connectivity index (χ0) is 13.2. The molecule has 0 amide bonds. The van der Waals surface area contributed by atoms with Crippen molar-refractivity contribution in [3.05, 3.63) is 28.5 Å². The van der Waals surface area contributed by atoms with Gasteiger partial charge in [0, 0.05) is 19.2 Å². The lowest BCUT2D eigenvalue weighted by Crippen LogP contribution is -2.20. The Morgan fingerprint density at radius 1 is 1.39 bits per heavy atom. The quantitative estimate of drug-likeness (QED) is 0.836. The SMILES string of the molecule is FC(F)(F)c1cnc(CCNCC2CC2)c(Cl)c1. The van der Waals surface area contributed by atoms with Crippen LogP contribution in [0.1, 0.15) is 24.1 Å². The van der Waals surface area contributed by atoms with Gasteiger partial charge in [-0.05, 0) is 31.4 Å². The summed E-state index contributed by atoms with van der Waals surface area (Å²) < 4.78 is 37.2. The van der Waals surface area contributed by atoms with E-state index >= 15 is 0 Å². The van der Waals surface area contributed by atoms with Crippen molar-refractivity contribution in [1.82, 2.24) is 10.3 Å². The van der Waals surface area contributed by atoms with Crippen LogP contribution in [0.3, 0.4) is 0 Å². The molecule has 1 aliphatic carbocycles. The van der Waals surface area contributed by atoms with E-state index in [2.05, 4.69) is 10.3 Å². The highest BCUT2D eigenvalue weighted by Crippen LogP contribution is 2.31. The van der Waals surface area contributed by atoms with Crippen LogP contribution in [0.15, 0.2) is 12.3 Å². The fourth-order valence-electron chi connectivity index (χ4n) is 1.64. The van der Waals surface area contributed by atoms with E-state index < -0.39 is 11.7 Å². The number of aromatic nitrogens is 1. The number of hydrogen-bond donors (Lipinski definition) is 1. The van der Waals surface area contributed by atoms with E-state index in [1.54, 1.807) is 0 Å². The molecule has 0 aliphatic heterocycles. The van der Waals surface area contributed by atoms with E-state index in [1.807, 2.05) is 0 Å². The van der Waals surface area contributed by atoms with Gasteiger partial charge in [-0.2, -0.15) is 13.2 Å². The maximum atomic E-state index is 12.4. The lowest BCUT2D eigenvalue weighted by Gasteiger charge is -2.09. The third kappa shape index (κ3) is 3.85. The van der Waals surface area contributed by atoms with Gasteiger partial charge in [0.2, 0.25) is 0 Å². The average molecular weight is 279 g/mol. The van der Waals surface area contributed by atoms with Gasteiger partial charge < -0.3 is 5.32 Å². The Kier molecular flexibility index (Phi) is 4.12. The minimum Gasteiger partial charge on any atom is -0.316 e. The molecule has 2 rings (SSSR count). The van der Waals surface area contributed by atoms with Gasteiger partial charge in [0.15, 0.2) is 0 Å². The Morgan fingerprint density at radius 2 is 2.11 bits per heavy atom. The molecule has 2 nitrogen and oxygen atoms in total. The molecular formula is C12H14ClF3N2. The second-order valence-electron chi connectivity index (χ2n) is 4.55. The summed E-state index contributed by atoms with van der Waals surface area (Å²) in [6.07, 6.45) is -0.468. The second kappa shape index (κ2) is 5.45. The van der Waals surface area contributed by atoms with Crippen LogP contribution in [0.4, 0.5) is 13.2 Å².